The molecule has 8 heteroatoms. The lowest BCUT2D eigenvalue weighted by Crippen LogP contribution is -2.50. The zero-order valence-electron chi connectivity index (χ0n) is 17.4. The maximum atomic E-state index is 14.0. The third-order valence-corrected chi connectivity index (χ3v) is 6.33. The number of nitrogens with zero attached hydrogens (tertiary/aromatic N) is 4. The number of carbonyl (C=O) groups excluding carboxylic acids is 1. The van der Waals surface area contributed by atoms with Crippen LogP contribution in [0.5, 0.6) is 5.75 Å². The van der Waals surface area contributed by atoms with E-state index in [1.807, 2.05) is 24.8 Å². The molecule has 2 saturated heterocycles. The molecule has 1 aromatic carbocycles. The highest BCUT2D eigenvalue weighted by atomic mass is 19.3. The van der Waals surface area contributed by atoms with Gasteiger partial charge in [-0.05, 0) is 55.9 Å². The Morgan fingerprint density at radius 2 is 1.90 bits per heavy atom. The summed E-state index contributed by atoms with van der Waals surface area (Å²) in [7, 11) is 0. The monoisotopic (exact) mass is 416 g/mol. The van der Waals surface area contributed by atoms with Crippen molar-refractivity contribution in [2.75, 3.05) is 24.5 Å². The second-order valence-electron chi connectivity index (χ2n) is 8.35. The van der Waals surface area contributed by atoms with Crippen LogP contribution in [-0.4, -0.2) is 51.8 Å². The van der Waals surface area contributed by atoms with Gasteiger partial charge in [0.1, 0.15) is 5.75 Å². The van der Waals surface area contributed by atoms with Crippen LogP contribution in [0.2, 0.25) is 0 Å². The average Bonchev–Trinajstić information content (AvgIpc) is 3.10. The number of amides is 1. The Balaban J connectivity index is 1.72. The number of aryl methyl sites for hydroxylation is 2. The van der Waals surface area contributed by atoms with Gasteiger partial charge in [-0.25, -0.2) is 8.78 Å². The number of halogens is 2. The highest BCUT2D eigenvalue weighted by Crippen LogP contribution is 2.40. The molecule has 30 heavy (non-hydrogen) atoms. The smallest absolute Gasteiger partial charge is 0.267 e. The largest absolute Gasteiger partial charge is 0.507 e. The van der Waals surface area contributed by atoms with E-state index in [0.717, 1.165) is 24.0 Å². The zero-order valence-corrected chi connectivity index (χ0v) is 17.4. The minimum Gasteiger partial charge on any atom is -0.507 e. The van der Waals surface area contributed by atoms with Gasteiger partial charge in [0.2, 0.25) is 5.91 Å². The molecule has 6 nitrogen and oxygen atoms in total. The van der Waals surface area contributed by atoms with E-state index in [1.165, 1.54) is 13.0 Å². The Labute approximate surface area is 174 Å². The summed E-state index contributed by atoms with van der Waals surface area (Å²) in [5, 5.41) is 18.8. The van der Waals surface area contributed by atoms with Crippen molar-refractivity contribution in [2.45, 2.75) is 46.1 Å². The lowest BCUT2D eigenvalue weighted by Gasteiger charge is -2.38. The first-order chi connectivity index (χ1) is 14.3. The Morgan fingerprint density at radius 3 is 2.57 bits per heavy atom. The first-order valence-electron chi connectivity index (χ1n) is 10.2. The molecule has 3 heterocycles. The molecule has 2 aromatic rings. The van der Waals surface area contributed by atoms with Crippen LogP contribution in [0.4, 0.5) is 14.6 Å². The van der Waals surface area contributed by atoms with Crippen molar-refractivity contribution in [2.24, 2.45) is 5.92 Å². The first kappa shape index (κ1) is 20.5. The molecule has 160 valence electrons. The highest BCUT2D eigenvalue weighted by Gasteiger charge is 2.41. The van der Waals surface area contributed by atoms with Crippen LogP contribution >= 0.6 is 0 Å². The Hall–Kier alpha value is -2.77. The van der Waals surface area contributed by atoms with Gasteiger partial charge in [-0.1, -0.05) is 6.07 Å². The summed E-state index contributed by atoms with van der Waals surface area (Å²) in [5.74, 6) is 0.536. The van der Waals surface area contributed by atoms with Crippen LogP contribution in [0, 0.1) is 19.8 Å². The minimum absolute atomic E-state index is 0.000355. The number of benzene rings is 1. The third kappa shape index (κ3) is 3.59. The number of phenolic OH excluding ortho intramolecular Hbond substituents is 1. The number of likely N-dealkylation sites (tertiary alicyclic amines) is 1. The first-order valence-corrected chi connectivity index (χ1v) is 10.2. The SMILES string of the molecule is CC(=O)N1CC[C@H]2CCN(c3nnc(-c4c(C)cc(C)cc4O)cc3C(F)F)[C@H]2C1. The van der Waals surface area contributed by atoms with Crippen molar-refractivity contribution in [3.05, 3.63) is 34.9 Å². The van der Waals surface area contributed by atoms with E-state index in [0.29, 0.717) is 31.1 Å². The van der Waals surface area contributed by atoms with Crippen LogP contribution < -0.4 is 4.90 Å². The minimum atomic E-state index is -2.73. The summed E-state index contributed by atoms with van der Waals surface area (Å²) in [6, 6.07) is 4.76. The van der Waals surface area contributed by atoms with Crippen molar-refractivity contribution in [3.8, 4) is 17.0 Å². The standard InChI is InChI=1S/C22H26F2N4O2/c1-12-8-13(2)20(19(30)9-12)17-10-16(21(23)24)22(26-25-17)28-7-5-15-4-6-27(14(3)29)11-18(15)28/h8-10,15,18,21,30H,4-7,11H2,1-3H3/t15-,18-/m0/s1. The summed E-state index contributed by atoms with van der Waals surface area (Å²) in [6.45, 7) is 7.04. The van der Waals surface area contributed by atoms with Gasteiger partial charge < -0.3 is 14.9 Å². The van der Waals surface area contributed by atoms with Crippen molar-refractivity contribution >= 4 is 11.7 Å². The maximum absolute atomic E-state index is 14.0. The second kappa shape index (κ2) is 7.81. The third-order valence-electron chi connectivity index (χ3n) is 6.33. The number of fused-ring (bicyclic) bond motifs is 1. The molecule has 2 aliphatic heterocycles. The molecule has 2 atom stereocenters. The topological polar surface area (TPSA) is 69.6 Å². The molecule has 0 unspecified atom stereocenters. The Bertz CT molecular complexity index is 959. The maximum Gasteiger partial charge on any atom is 0.267 e. The number of alkyl halides is 2. The lowest BCUT2D eigenvalue weighted by molar-refractivity contribution is -0.130. The second-order valence-corrected chi connectivity index (χ2v) is 8.35. The van der Waals surface area contributed by atoms with Crippen molar-refractivity contribution in [1.29, 1.82) is 0 Å². The van der Waals surface area contributed by atoms with E-state index in [4.69, 9.17) is 0 Å². The van der Waals surface area contributed by atoms with E-state index in [9.17, 15) is 18.7 Å². The molecule has 0 aliphatic carbocycles. The fourth-order valence-corrected chi connectivity index (χ4v) is 4.87. The van der Waals surface area contributed by atoms with Gasteiger partial charge in [0.05, 0.1) is 17.3 Å². The summed E-state index contributed by atoms with van der Waals surface area (Å²) >= 11 is 0. The van der Waals surface area contributed by atoms with Gasteiger partial charge in [0.15, 0.2) is 5.82 Å². The van der Waals surface area contributed by atoms with Crippen LogP contribution in [0.1, 0.15) is 42.9 Å². The van der Waals surface area contributed by atoms with Crippen molar-refractivity contribution in [3.63, 3.8) is 0 Å². The summed E-state index contributed by atoms with van der Waals surface area (Å²) in [4.78, 5) is 15.5. The summed E-state index contributed by atoms with van der Waals surface area (Å²) in [5.41, 5.74) is 2.08. The molecule has 1 N–H and O–H groups in total. The van der Waals surface area contributed by atoms with Crippen LogP contribution in [0.25, 0.3) is 11.3 Å². The number of anilines is 1. The summed E-state index contributed by atoms with van der Waals surface area (Å²) in [6.07, 6.45) is -0.971. The molecule has 0 bridgehead atoms. The van der Waals surface area contributed by atoms with E-state index < -0.39 is 6.43 Å². The van der Waals surface area contributed by atoms with Crippen LogP contribution in [-0.2, 0) is 4.79 Å². The molecular formula is C22H26F2N4O2. The van der Waals surface area contributed by atoms with E-state index in [1.54, 1.807) is 11.0 Å². The number of hydrogen-bond acceptors (Lipinski definition) is 5. The van der Waals surface area contributed by atoms with Gasteiger partial charge in [-0.2, -0.15) is 0 Å². The van der Waals surface area contributed by atoms with Gasteiger partial charge in [0, 0.05) is 32.1 Å². The number of rotatable bonds is 3. The average molecular weight is 416 g/mol. The van der Waals surface area contributed by atoms with E-state index in [2.05, 4.69) is 10.2 Å². The summed E-state index contributed by atoms with van der Waals surface area (Å²) < 4.78 is 28.1. The molecular weight excluding hydrogens is 390 g/mol. The number of piperidine rings is 1. The molecule has 0 radical (unpaired) electrons. The number of aromatic nitrogens is 2. The number of hydrogen-bond donors (Lipinski definition) is 1. The quantitative estimate of drug-likeness (QED) is 0.823. The van der Waals surface area contributed by atoms with E-state index >= 15 is 0 Å². The van der Waals surface area contributed by atoms with Crippen molar-refractivity contribution < 1.29 is 18.7 Å². The number of phenols is 1. The normalized spacial score (nSPS) is 21.3. The molecule has 1 amide bonds. The number of aromatic hydroxyl groups is 1. The van der Waals surface area contributed by atoms with Crippen LogP contribution in [0.15, 0.2) is 18.2 Å². The Morgan fingerprint density at radius 1 is 1.17 bits per heavy atom. The Kier molecular flexibility index (Phi) is 5.34. The molecule has 0 spiro atoms. The molecule has 1 aromatic heterocycles. The highest BCUT2D eigenvalue weighted by molar-refractivity contribution is 5.74. The van der Waals surface area contributed by atoms with E-state index in [-0.39, 0.29) is 34.8 Å². The number of carbonyl (C=O) groups is 1. The van der Waals surface area contributed by atoms with Gasteiger partial charge in [-0.15, -0.1) is 10.2 Å². The van der Waals surface area contributed by atoms with Gasteiger partial charge in [0.25, 0.3) is 6.43 Å². The fraction of sp³-hybridized carbons (Fsp3) is 0.500. The predicted molar refractivity (Wildman–Crippen MR) is 110 cm³/mol. The molecule has 0 saturated carbocycles. The predicted octanol–water partition coefficient (Wildman–Crippen LogP) is 3.85. The molecule has 2 fully saturated rings. The van der Waals surface area contributed by atoms with Gasteiger partial charge in [-0.3, -0.25) is 4.79 Å². The lowest BCUT2D eigenvalue weighted by atomic mass is 9.92. The van der Waals surface area contributed by atoms with Crippen molar-refractivity contribution in [1.82, 2.24) is 15.1 Å². The molecule has 4 rings (SSSR count). The zero-order chi connectivity index (χ0) is 21.6. The van der Waals surface area contributed by atoms with Crippen LogP contribution in [0.3, 0.4) is 0 Å². The fourth-order valence-electron chi connectivity index (χ4n) is 4.87. The molecule has 2 aliphatic rings. The van der Waals surface area contributed by atoms with Gasteiger partial charge >= 0.3 is 0 Å².